The Bertz CT molecular complexity index is 433. The predicted octanol–water partition coefficient (Wildman–Crippen LogP) is 4.54. The molecule has 1 rings (SSSR count). The Morgan fingerprint density at radius 2 is 2.00 bits per heavy atom. The van der Waals surface area contributed by atoms with E-state index in [1.54, 1.807) is 0 Å². The zero-order valence-corrected chi connectivity index (χ0v) is 12.0. The van der Waals surface area contributed by atoms with Gasteiger partial charge in [-0.1, -0.05) is 27.5 Å². The molecule has 0 aliphatic rings. The van der Waals surface area contributed by atoms with Crippen LogP contribution < -0.4 is 0 Å². The van der Waals surface area contributed by atoms with Crippen LogP contribution in [0.2, 0.25) is 5.02 Å². The van der Waals surface area contributed by atoms with Gasteiger partial charge in [-0.25, -0.2) is 0 Å². The number of Topliss-reactive ketones (excluding diaryl/α,β-unsaturated/α-hetero) is 1. The van der Waals surface area contributed by atoms with Crippen molar-refractivity contribution in [2.45, 2.75) is 6.18 Å². The minimum absolute atomic E-state index is 0.0220. The first kappa shape index (κ1) is 14.2. The molecule has 0 bridgehead atoms. The molecule has 0 fully saturated rings. The number of halogens is 6. The predicted molar refractivity (Wildman–Crippen MR) is 67.3 cm³/mol. The highest BCUT2D eigenvalue weighted by molar-refractivity contribution is 14.1. The van der Waals surface area contributed by atoms with Crippen LogP contribution in [0.15, 0.2) is 12.1 Å². The molecular formula is C9H4BrClF3IO. The van der Waals surface area contributed by atoms with Crippen molar-refractivity contribution in [2.24, 2.45) is 0 Å². The average Bonchev–Trinajstić information content (AvgIpc) is 2.18. The van der Waals surface area contributed by atoms with Gasteiger partial charge in [0.05, 0.1) is 15.9 Å². The van der Waals surface area contributed by atoms with E-state index in [-0.39, 0.29) is 25.3 Å². The van der Waals surface area contributed by atoms with E-state index < -0.39 is 11.7 Å². The molecule has 1 aromatic carbocycles. The molecule has 0 aliphatic carbocycles. The van der Waals surface area contributed by atoms with Crippen molar-refractivity contribution in [3.8, 4) is 0 Å². The number of hydrogen-bond acceptors (Lipinski definition) is 1. The normalized spacial score (nSPS) is 11.6. The lowest BCUT2D eigenvalue weighted by Crippen LogP contribution is -2.10. The second kappa shape index (κ2) is 5.22. The van der Waals surface area contributed by atoms with E-state index in [0.29, 0.717) is 0 Å². The molecule has 0 aliphatic heterocycles. The van der Waals surface area contributed by atoms with E-state index in [1.807, 2.05) is 0 Å². The van der Waals surface area contributed by atoms with Crippen LogP contribution in [0.5, 0.6) is 0 Å². The number of rotatable bonds is 2. The topological polar surface area (TPSA) is 17.1 Å². The number of carbonyl (C=O) groups is 1. The van der Waals surface area contributed by atoms with Gasteiger partial charge < -0.3 is 0 Å². The third-order valence-electron chi connectivity index (χ3n) is 1.78. The van der Waals surface area contributed by atoms with E-state index in [1.165, 1.54) is 22.6 Å². The summed E-state index contributed by atoms with van der Waals surface area (Å²) in [4.78, 5) is 11.3. The summed E-state index contributed by atoms with van der Waals surface area (Å²) in [6.07, 6.45) is -4.46. The van der Waals surface area contributed by atoms with Crippen LogP contribution in [0.1, 0.15) is 15.9 Å². The van der Waals surface area contributed by atoms with Crippen LogP contribution in [-0.4, -0.2) is 11.1 Å². The van der Waals surface area contributed by atoms with Gasteiger partial charge in [-0.2, -0.15) is 13.2 Å². The summed E-state index contributed by atoms with van der Waals surface area (Å²) in [5, 5.41) is -0.161. The fourth-order valence-electron chi connectivity index (χ4n) is 1.05. The third-order valence-corrected chi connectivity index (χ3v) is 3.50. The fraction of sp³-hybridized carbons (Fsp3) is 0.222. The number of benzene rings is 1. The average molecular weight is 427 g/mol. The third kappa shape index (κ3) is 3.10. The fourth-order valence-corrected chi connectivity index (χ4v) is 2.39. The maximum absolute atomic E-state index is 12.5. The van der Waals surface area contributed by atoms with Crippen LogP contribution in [0.4, 0.5) is 13.2 Å². The van der Waals surface area contributed by atoms with E-state index >= 15 is 0 Å². The molecule has 0 N–H and O–H groups in total. The molecule has 1 aromatic rings. The molecule has 0 atom stereocenters. The molecule has 0 unspecified atom stereocenters. The van der Waals surface area contributed by atoms with Crippen LogP contribution >= 0.6 is 50.1 Å². The van der Waals surface area contributed by atoms with E-state index in [4.69, 9.17) is 11.6 Å². The number of ketones is 1. The van der Waals surface area contributed by atoms with E-state index in [2.05, 4.69) is 15.9 Å². The largest absolute Gasteiger partial charge is 0.417 e. The Balaban J connectivity index is 3.33. The number of hydrogen-bond donors (Lipinski definition) is 0. The smallest absolute Gasteiger partial charge is 0.293 e. The van der Waals surface area contributed by atoms with Crippen molar-refractivity contribution in [3.63, 3.8) is 0 Å². The first-order chi connectivity index (χ1) is 7.27. The summed E-state index contributed by atoms with van der Waals surface area (Å²) in [5.74, 6) is -0.350. The molecular weight excluding hydrogens is 423 g/mol. The zero-order chi connectivity index (χ0) is 12.5. The molecule has 16 heavy (non-hydrogen) atoms. The highest BCUT2D eigenvalue weighted by atomic mass is 127. The van der Waals surface area contributed by atoms with E-state index in [9.17, 15) is 18.0 Å². The lowest BCUT2D eigenvalue weighted by molar-refractivity contribution is -0.138. The maximum Gasteiger partial charge on any atom is 0.417 e. The molecule has 7 heteroatoms. The minimum atomic E-state index is -4.46. The molecule has 0 aromatic heterocycles. The van der Waals surface area contributed by atoms with Gasteiger partial charge in [-0.3, -0.25) is 4.79 Å². The van der Waals surface area contributed by atoms with Gasteiger partial charge in [0.1, 0.15) is 0 Å². The highest BCUT2D eigenvalue weighted by Gasteiger charge is 2.34. The van der Waals surface area contributed by atoms with Gasteiger partial charge in [-0.05, 0) is 34.7 Å². The summed E-state index contributed by atoms with van der Waals surface area (Å²) >= 11 is 10.1. The number of carbonyl (C=O) groups excluding carboxylic acids is 1. The number of alkyl halides is 4. The molecule has 0 heterocycles. The Kier molecular flexibility index (Phi) is 4.65. The van der Waals surface area contributed by atoms with Gasteiger partial charge >= 0.3 is 6.18 Å². The second-order valence-electron chi connectivity index (χ2n) is 2.87. The van der Waals surface area contributed by atoms with Gasteiger partial charge in [-0.15, -0.1) is 0 Å². The standard InChI is InChI=1S/C9H4BrClF3IO/c10-3-8(16)4-1-7(15)5(2-6(4)11)9(12,13)14/h1-2H,3H2. The Morgan fingerprint density at radius 3 is 2.44 bits per heavy atom. The summed E-state index contributed by atoms with van der Waals surface area (Å²) in [6.45, 7) is 0. The van der Waals surface area contributed by atoms with Crippen molar-refractivity contribution in [3.05, 3.63) is 31.9 Å². The minimum Gasteiger partial charge on any atom is -0.293 e. The summed E-state index contributed by atoms with van der Waals surface area (Å²) in [5.41, 5.74) is -0.736. The summed E-state index contributed by atoms with van der Waals surface area (Å²) < 4.78 is 37.4. The molecule has 88 valence electrons. The summed E-state index contributed by atoms with van der Waals surface area (Å²) in [6, 6.07) is 1.93. The Labute approximate surface area is 117 Å². The van der Waals surface area contributed by atoms with Gasteiger partial charge in [0.2, 0.25) is 0 Å². The zero-order valence-electron chi connectivity index (χ0n) is 7.54. The van der Waals surface area contributed by atoms with Gasteiger partial charge in [0, 0.05) is 9.13 Å². The van der Waals surface area contributed by atoms with Crippen molar-refractivity contribution in [1.82, 2.24) is 0 Å². The summed E-state index contributed by atoms with van der Waals surface area (Å²) in [7, 11) is 0. The van der Waals surface area contributed by atoms with Gasteiger partial charge in [0.25, 0.3) is 0 Å². The van der Waals surface area contributed by atoms with Crippen LogP contribution in [0.3, 0.4) is 0 Å². The van der Waals surface area contributed by atoms with E-state index in [0.717, 1.165) is 12.1 Å². The molecule has 0 saturated carbocycles. The maximum atomic E-state index is 12.5. The first-order valence-electron chi connectivity index (χ1n) is 3.92. The van der Waals surface area contributed by atoms with Crippen molar-refractivity contribution < 1.29 is 18.0 Å². The molecule has 0 saturated heterocycles. The van der Waals surface area contributed by atoms with Crippen LogP contribution in [0.25, 0.3) is 0 Å². The molecule has 1 nitrogen and oxygen atoms in total. The Morgan fingerprint density at radius 1 is 1.44 bits per heavy atom. The van der Waals surface area contributed by atoms with Crippen LogP contribution in [0, 0.1) is 3.57 Å². The first-order valence-corrected chi connectivity index (χ1v) is 6.50. The SMILES string of the molecule is O=C(CBr)c1cc(I)c(C(F)(F)F)cc1Cl. The van der Waals surface area contributed by atoms with Crippen molar-refractivity contribution in [1.29, 1.82) is 0 Å². The van der Waals surface area contributed by atoms with Crippen molar-refractivity contribution >= 4 is 55.9 Å². The molecule has 0 amide bonds. The highest BCUT2D eigenvalue weighted by Crippen LogP contribution is 2.36. The monoisotopic (exact) mass is 426 g/mol. The van der Waals surface area contributed by atoms with Crippen LogP contribution in [-0.2, 0) is 6.18 Å². The Hall–Kier alpha value is 0.180. The second-order valence-corrected chi connectivity index (χ2v) is 5.00. The van der Waals surface area contributed by atoms with Crippen molar-refractivity contribution in [2.75, 3.05) is 5.33 Å². The van der Waals surface area contributed by atoms with Gasteiger partial charge in [0.15, 0.2) is 5.78 Å². The molecule has 0 radical (unpaired) electrons. The lowest BCUT2D eigenvalue weighted by atomic mass is 10.1. The lowest BCUT2D eigenvalue weighted by Gasteiger charge is -2.11. The molecule has 0 spiro atoms. The quantitative estimate of drug-likeness (QED) is 0.385.